The summed E-state index contributed by atoms with van der Waals surface area (Å²) in [6, 6.07) is 2.62. The number of halogens is 3. The van der Waals surface area contributed by atoms with Gasteiger partial charge in [-0.1, -0.05) is 6.07 Å². The first kappa shape index (κ1) is 12.6. The van der Waals surface area contributed by atoms with Crippen molar-refractivity contribution >= 4 is 0 Å². The summed E-state index contributed by atoms with van der Waals surface area (Å²) in [7, 11) is 0. The number of aryl methyl sites for hydroxylation is 1. The molecule has 0 fully saturated rings. The van der Waals surface area contributed by atoms with E-state index in [0.29, 0.717) is 12.1 Å². The highest BCUT2D eigenvalue weighted by Gasteiger charge is 2.21. The van der Waals surface area contributed by atoms with Crippen molar-refractivity contribution in [2.45, 2.75) is 13.0 Å². The minimum Gasteiger partial charge on any atom is -0.383 e. The monoisotopic (exact) mass is 253 g/mol. The topological polar surface area (TPSA) is 33.1 Å². The van der Waals surface area contributed by atoms with Crippen LogP contribution in [-0.4, -0.2) is 10.1 Å². The van der Waals surface area contributed by atoms with Gasteiger partial charge in [-0.3, -0.25) is 4.98 Å². The standard InChI is InChI=1S/C13H10F3NO/c1-7-2-8(6-17-5-7)13(18)12-10(15)3-9(14)4-11(12)16/h2-6,13,18H,1H3. The molecule has 5 heteroatoms. The lowest BCUT2D eigenvalue weighted by Crippen LogP contribution is -2.07. The lowest BCUT2D eigenvalue weighted by Gasteiger charge is -2.13. The molecule has 0 aliphatic rings. The molecule has 0 spiro atoms. The summed E-state index contributed by atoms with van der Waals surface area (Å²) in [6.07, 6.45) is 1.34. The smallest absolute Gasteiger partial charge is 0.135 e. The molecule has 2 nitrogen and oxygen atoms in total. The molecule has 2 rings (SSSR count). The fourth-order valence-electron chi connectivity index (χ4n) is 1.71. The Kier molecular flexibility index (Phi) is 3.34. The van der Waals surface area contributed by atoms with E-state index in [-0.39, 0.29) is 5.56 Å². The van der Waals surface area contributed by atoms with Crippen molar-refractivity contribution in [1.82, 2.24) is 4.98 Å². The van der Waals surface area contributed by atoms with Crippen molar-refractivity contribution < 1.29 is 18.3 Å². The third-order valence-electron chi connectivity index (χ3n) is 2.53. The van der Waals surface area contributed by atoms with Gasteiger partial charge in [0.25, 0.3) is 0 Å². The second-order valence-corrected chi connectivity index (χ2v) is 3.98. The Balaban J connectivity index is 2.49. The Labute approximate surface area is 102 Å². The molecule has 0 saturated carbocycles. The molecule has 2 aromatic rings. The van der Waals surface area contributed by atoms with E-state index in [1.54, 1.807) is 19.2 Å². The van der Waals surface area contributed by atoms with Gasteiger partial charge in [-0.2, -0.15) is 0 Å². The Morgan fingerprint density at radius 1 is 1.06 bits per heavy atom. The van der Waals surface area contributed by atoms with Crippen LogP contribution in [-0.2, 0) is 0 Å². The van der Waals surface area contributed by atoms with E-state index in [4.69, 9.17) is 0 Å². The largest absolute Gasteiger partial charge is 0.383 e. The Hall–Kier alpha value is -1.88. The van der Waals surface area contributed by atoms with Crippen molar-refractivity contribution in [3.05, 3.63) is 64.7 Å². The lowest BCUT2D eigenvalue weighted by atomic mass is 10.0. The maximum atomic E-state index is 13.5. The molecule has 1 aromatic carbocycles. The van der Waals surface area contributed by atoms with E-state index >= 15 is 0 Å². The second kappa shape index (κ2) is 4.78. The summed E-state index contributed by atoms with van der Waals surface area (Å²) in [4.78, 5) is 3.83. The third-order valence-corrected chi connectivity index (χ3v) is 2.53. The van der Waals surface area contributed by atoms with E-state index in [9.17, 15) is 18.3 Å². The number of rotatable bonds is 2. The SMILES string of the molecule is Cc1cncc(C(O)c2c(F)cc(F)cc2F)c1. The number of nitrogens with zero attached hydrogens (tertiary/aromatic N) is 1. The van der Waals surface area contributed by atoms with Crippen LogP contribution in [0.3, 0.4) is 0 Å². The molecular weight excluding hydrogens is 243 g/mol. The number of aliphatic hydroxyl groups excluding tert-OH is 1. The number of hydrogen-bond acceptors (Lipinski definition) is 2. The van der Waals surface area contributed by atoms with Gasteiger partial charge in [0, 0.05) is 30.1 Å². The van der Waals surface area contributed by atoms with Gasteiger partial charge >= 0.3 is 0 Å². The van der Waals surface area contributed by atoms with Gasteiger partial charge in [-0.15, -0.1) is 0 Å². The molecule has 1 N–H and O–H groups in total. The molecule has 18 heavy (non-hydrogen) atoms. The number of aliphatic hydroxyl groups is 1. The first-order valence-electron chi connectivity index (χ1n) is 5.23. The van der Waals surface area contributed by atoms with Crippen LogP contribution in [0.15, 0.2) is 30.6 Å². The lowest BCUT2D eigenvalue weighted by molar-refractivity contribution is 0.208. The van der Waals surface area contributed by atoms with E-state index in [1.807, 2.05) is 0 Å². The number of benzene rings is 1. The van der Waals surface area contributed by atoms with Crippen LogP contribution in [0.2, 0.25) is 0 Å². The Bertz CT molecular complexity index is 563. The van der Waals surface area contributed by atoms with Crippen LogP contribution in [0.1, 0.15) is 22.8 Å². The zero-order valence-electron chi connectivity index (χ0n) is 9.49. The van der Waals surface area contributed by atoms with Crippen molar-refractivity contribution in [2.75, 3.05) is 0 Å². The highest BCUT2D eigenvalue weighted by Crippen LogP contribution is 2.27. The van der Waals surface area contributed by atoms with Crippen molar-refractivity contribution in [3.63, 3.8) is 0 Å². The minimum absolute atomic E-state index is 0.249. The molecule has 0 aliphatic heterocycles. The van der Waals surface area contributed by atoms with Crippen LogP contribution in [0.25, 0.3) is 0 Å². The Morgan fingerprint density at radius 2 is 1.67 bits per heavy atom. The molecular formula is C13H10F3NO. The zero-order valence-corrected chi connectivity index (χ0v) is 9.49. The van der Waals surface area contributed by atoms with E-state index in [2.05, 4.69) is 4.98 Å². The highest BCUT2D eigenvalue weighted by molar-refractivity contribution is 5.32. The summed E-state index contributed by atoms with van der Waals surface area (Å²) in [5.41, 5.74) is 0.415. The van der Waals surface area contributed by atoms with Gasteiger partial charge in [0.2, 0.25) is 0 Å². The summed E-state index contributed by atoms with van der Waals surface area (Å²) in [5.74, 6) is -3.27. The number of aromatic nitrogens is 1. The van der Waals surface area contributed by atoms with E-state index < -0.39 is 29.1 Å². The van der Waals surface area contributed by atoms with Crippen LogP contribution in [0.4, 0.5) is 13.2 Å². The highest BCUT2D eigenvalue weighted by atomic mass is 19.1. The van der Waals surface area contributed by atoms with Crippen LogP contribution in [0, 0.1) is 24.4 Å². The molecule has 0 saturated heterocycles. The van der Waals surface area contributed by atoms with Gasteiger partial charge < -0.3 is 5.11 Å². The maximum Gasteiger partial charge on any atom is 0.135 e. The fourth-order valence-corrected chi connectivity index (χ4v) is 1.71. The zero-order chi connectivity index (χ0) is 13.3. The molecule has 1 unspecified atom stereocenters. The van der Waals surface area contributed by atoms with Gasteiger partial charge in [0.1, 0.15) is 23.6 Å². The summed E-state index contributed by atoms with van der Waals surface area (Å²) >= 11 is 0. The molecule has 0 amide bonds. The maximum absolute atomic E-state index is 13.5. The minimum atomic E-state index is -1.52. The van der Waals surface area contributed by atoms with Crippen molar-refractivity contribution in [2.24, 2.45) is 0 Å². The molecule has 1 heterocycles. The Morgan fingerprint density at radius 3 is 2.22 bits per heavy atom. The third kappa shape index (κ3) is 2.36. The van der Waals surface area contributed by atoms with Crippen LogP contribution < -0.4 is 0 Å². The number of hydrogen-bond donors (Lipinski definition) is 1. The average molecular weight is 253 g/mol. The molecule has 0 aliphatic carbocycles. The first-order chi connectivity index (χ1) is 8.49. The van der Waals surface area contributed by atoms with Crippen LogP contribution >= 0.6 is 0 Å². The first-order valence-corrected chi connectivity index (χ1v) is 5.23. The molecule has 1 aromatic heterocycles. The van der Waals surface area contributed by atoms with Gasteiger partial charge in [0.15, 0.2) is 0 Å². The predicted molar refractivity (Wildman–Crippen MR) is 59.4 cm³/mol. The average Bonchev–Trinajstić information content (AvgIpc) is 2.27. The molecule has 94 valence electrons. The van der Waals surface area contributed by atoms with E-state index in [0.717, 1.165) is 5.56 Å². The fraction of sp³-hybridized carbons (Fsp3) is 0.154. The summed E-state index contributed by atoms with van der Waals surface area (Å²) in [5, 5.41) is 9.93. The number of pyridine rings is 1. The van der Waals surface area contributed by atoms with Gasteiger partial charge in [-0.25, -0.2) is 13.2 Å². The van der Waals surface area contributed by atoms with Gasteiger partial charge in [0.05, 0.1) is 5.56 Å². The van der Waals surface area contributed by atoms with Crippen LogP contribution in [0.5, 0.6) is 0 Å². The summed E-state index contributed by atoms with van der Waals surface area (Å²) < 4.78 is 39.7. The van der Waals surface area contributed by atoms with Crippen molar-refractivity contribution in [3.8, 4) is 0 Å². The van der Waals surface area contributed by atoms with E-state index in [1.165, 1.54) is 6.20 Å². The summed E-state index contributed by atoms with van der Waals surface area (Å²) in [6.45, 7) is 1.74. The van der Waals surface area contributed by atoms with Crippen molar-refractivity contribution in [1.29, 1.82) is 0 Å². The quantitative estimate of drug-likeness (QED) is 0.892. The normalized spacial score (nSPS) is 12.5. The molecule has 0 bridgehead atoms. The molecule has 1 atom stereocenters. The second-order valence-electron chi connectivity index (χ2n) is 3.98. The predicted octanol–water partition coefficient (Wildman–Crippen LogP) is 2.89. The molecule has 0 radical (unpaired) electrons. The van der Waals surface area contributed by atoms with Gasteiger partial charge in [-0.05, 0) is 12.5 Å².